The molecule has 0 radical (unpaired) electrons. The van der Waals surface area contributed by atoms with E-state index < -0.39 is 17.8 Å². The Morgan fingerprint density at radius 1 is 1.38 bits per heavy atom. The Morgan fingerprint density at radius 3 is 2.71 bits per heavy atom. The molecule has 4 N–H and O–H groups in total. The molecule has 1 heterocycles. The summed E-state index contributed by atoms with van der Waals surface area (Å²) in [7, 11) is 1.51. The van der Waals surface area contributed by atoms with Gasteiger partial charge in [0.25, 0.3) is 0 Å². The maximum absolute atomic E-state index is 12.5. The molecule has 0 saturated carbocycles. The average molecular weight is 307 g/mol. The van der Waals surface area contributed by atoms with Gasteiger partial charge in [-0.2, -0.15) is 18.2 Å². The van der Waals surface area contributed by atoms with Gasteiger partial charge in [-0.05, 0) is 0 Å². The number of hydrogen-bond donors (Lipinski definition) is 3. The van der Waals surface area contributed by atoms with E-state index in [4.69, 9.17) is 10.5 Å². The molecule has 0 aliphatic heterocycles. The monoisotopic (exact) mass is 307 g/mol. The second-order valence-corrected chi connectivity index (χ2v) is 4.01. The summed E-state index contributed by atoms with van der Waals surface area (Å²) in [4.78, 5) is 18.1. The fourth-order valence-electron chi connectivity index (χ4n) is 1.39. The molecule has 21 heavy (non-hydrogen) atoms. The average Bonchev–Trinajstić information content (AvgIpc) is 2.37. The van der Waals surface area contributed by atoms with Crippen LogP contribution in [-0.2, 0) is 15.7 Å². The van der Waals surface area contributed by atoms with Crippen LogP contribution < -0.4 is 16.4 Å². The molecule has 1 amide bonds. The standard InChI is InChI=1S/C11H16F3N5O2/c1-21-5-4-17-9(20)2-3-16-8-6-7(11(12,13)14)18-10(15)19-8/h6H,2-5H2,1H3,(H,17,20)(H3,15,16,18,19). The minimum Gasteiger partial charge on any atom is -0.383 e. The summed E-state index contributed by atoms with van der Waals surface area (Å²) in [6, 6.07) is 0.735. The van der Waals surface area contributed by atoms with Gasteiger partial charge < -0.3 is 21.1 Å². The Morgan fingerprint density at radius 2 is 2.10 bits per heavy atom. The van der Waals surface area contributed by atoms with Gasteiger partial charge in [-0.1, -0.05) is 0 Å². The normalized spacial score (nSPS) is 11.2. The number of rotatable bonds is 7. The number of hydrogen-bond acceptors (Lipinski definition) is 6. The van der Waals surface area contributed by atoms with E-state index in [1.807, 2.05) is 0 Å². The van der Waals surface area contributed by atoms with E-state index >= 15 is 0 Å². The number of nitrogens with one attached hydrogen (secondary N) is 2. The number of methoxy groups -OCH3 is 1. The lowest BCUT2D eigenvalue weighted by Crippen LogP contribution is -2.28. The Bertz CT molecular complexity index is 481. The minimum absolute atomic E-state index is 0.0783. The first-order valence-electron chi connectivity index (χ1n) is 6.04. The summed E-state index contributed by atoms with van der Waals surface area (Å²) < 4.78 is 42.3. The molecule has 0 aliphatic carbocycles. The largest absolute Gasteiger partial charge is 0.433 e. The molecule has 1 aromatic heterocycles. The number of ether oxygens (including phenoxy) is 1. The second-order valence-electron chi connectivity index (χ2n) is 4.01. The van der Waals surface area contributed by atoms with Crippen molar-refractivity contribution in [3.8, 4) is 0 Å². The first kappa shape index (κ1) is 17.0. The molecular weight excluding hydrogens is 291 g/mol. The van der Waals surface area contributed by atoms with Crippen LogP contribution in [-0.4, -0.2) is 42.7 Å². The van der Waals surface area contributed by atoms with Crippen molar-refractivity contribution in [3.63, 3.8) is 0 Å². The molecule has 1 aromatic rings. The summed E-state index contributed by atoms with van der Waals surface area (Å²) in [5.41, 5.74) is 4.08. The van der Waals surface area contributed by atoms with Crippen LogP contribution in [0.25, 0.3) is 0 Å². The van der Waals surface area contributed by atoms with Crippen molar-refractivity contribution < 1.29 is 22.7 Å². The Kier molecular flexibility index (Phi) is 6.15. The summed E-state index contributed by atoms with van der Waals surface area (Å²) >= 11 is 0. The van der Waals surface area contributed by atoms with Gasteiger partial charge in [0.2, 0.25) is 11.9 Å². The van der Waals surface area contributed by atoms with Gasteiger partial charge in [0.15, 0.2) is 5.69 Å². The van der Waals surface area contributed by atoms with Crippen LogP contribution in [0.2, 0.25) is 0 Å². The molecule has 7 nitrogen and oxygen atoms in total. The quantitative estimate of drug-likeness (QED) is 0.639. The summed E-state index contributed by atoms with van der Waals surface area (Å²) in [6.07, 6.45) is -4.53. The fourth-order valence-corrected chi connectivity index (χ4v) is 1.39. The van der Waals surface area contributed by atoms with Crippen LogP contribution in [0.4, 0.5) is 24.9 Å². The van der Waals surface area contributed by atoms with E-state index in [1.54, 1.807) is 0 Å². The molecule has 118 valence electrons. The number of halogens is 3. The van der Waals surface area contributed by atoms with E-state index in [-0.39, 0.29) is 24.7 Å². The van der Waals surface area contributed by atoms with E-state index in [0.29, 0.717) is 13.2 Å². The topological polar surface area (TPSA) is 102 Å². The predicted octanol–water partition coefficient (Wildman–Crippen LogP) is 0.642. The first-order valence-corrected chi connectivity index (χ1v) is 6.04. The molecule has 10 heteroatoms. The Hall–Kier alpha value is -2.10. The predicted molar refractivity (Wildman–Crippen MR) is 69.4 cm³/mol. The van der Waals surface area contributed by atoms with Crippen LogP contribution in [0.15, 0.2) is 6.07 Å². The van der Waals surface area contributed by atoms with Crippen molar-refractivity contribution >= 4 is 17.7 Å². The minimum atomic E-state index is -4.61. The highest BCUT2D eigenvalue weighted by atomic mass is 19.4. The van der Waals surface area contributed by atoms with Crippen LogP contribution in [0.1, 0.15) is 12.1 Å². The van der Waals surface area contributed by atoms with E-state index in [2.05, 4.69) is 20.6 Å². The number of alkyl halides is 3. The number of amides is 1. The molecule has 0 spiro atoms. The van der Waals surface area contributed by atoms with Gasteiger partial charge in [-0.25, -0.2) is 4.98 Å². The molecule has 1 rings (SSSR count). The first-order chi connectivity index (χ1) is 9.82. The molecule has 0 saturated heterocycles. The highest BCUT2D eigenvalue weighted by Gasteiger charge is 2.33. The van der Waals surface area contributed by atoms with Gasteiger partial charge in [0, 0.05) is 32.7 Å². The second kappa shape index (κ2) is 7.62. The fraction of sp³-hybridized carbons (Fsp3) is 0.545. The van der Waals surface area contributed by atoms with Crippen molar-refractivity contribution in [2.24, 2.45) is 0 Å². The number of nitrogens with two attached hydrogens (primary N) is 1. The zero-order valence-corrected chi connectivity index (χ0v) is 11.3. The van der Waals surface area contributed by atoms with Gasteiger partial charge in [0.05, 0.1) is 6.61 Å². The smallest absolute Gasteiger partial charge is 0.383 e. The number of anilines is 2. The van der Waals surface area contributed by atoms with Gasteiger partial charge in [0.1, 0.15) is 5.82 Å². The number of nitrogens with zero attached hydrogens (tertiary/aromatic N) is 2. The number of nitrogen functional groups attached to an aromatic ring is 1. The van der Waals surface area contributed by atoms with Crippen molar-refractivity contribution in [1.82, 2.24) is 15.3 Å². The lowest BCUT2D eigenvalue weighted by atomic mass is 10.3. The summed E-state index contributed by atoms with van der Waals surface area (Å²) in [6.45, 7) is 0.872. The maximum atomic E-state index is 12.5. The SMILES string of the molecule is COCCNC(=O)CCNc1cc(C(F)(F)F)nc(N)n1. The van der Waals surface area contributed by atoms with Gasteiger partial charge in [-0.15, -0.1) is 0 Å². The molecule has 0 aromatic carbocycles. The lowest BCUT2D eigenvalue weighted by Gasteiger charge is -2.10. The van der Waals surface area contributed by atoms with Crippen LogP contribution in [0.5, 0.6) is 0 Å². The van der Waals surface area contributed by atoms with E-state index in [1.165, 1.54) is 7.11 Å². The summed E-state index contributed by atoms with van der Waals surface area (Å²) in [5.74, 6) is -0.825. The van der Waals surface area contributed by atoms with Gasteiger partial charge in [-0.3, -0.25) is 4.79 Å². The molecule has 0 unspecified atom stereocenters. The number of carbonyl (C=O) groups excluding carboxylic acids is 1. The third-order valence-corrected chi connectivity index (χ3v) is 2.32. The van der Waals surface area contributed by atoms with E-state index in [0.717, 1.165) is 6.07 Å². The van der Waals surface area contributed by atoms with Gasteiger partial charge >= 0.3 is 6.18 Å². The number of aromatic nitrogens is 2. The van der Waals surface area contributed by atoms with Crippen molar-refractivity contribution in [2.45, 2.75) is 12.6 Å². The third-order valence-electron chi connectivity index (χ3n) is 2.32. The Balaban J connectivity index is 2.49. The van der Waals surface area contributed by atoms with Crippen molar-refractivity contribution in [1.29, 1.82) is 0 Å². The lowest BCUT2D eigenvalue weighted by molar-refractivity contribution is -0.141. The van der Waals surface area contributed by atoms with Crippen LogP contribution in [0, 0.1) is 0 Å². The molecule has 0 bridgehead atoms. The molecule has 0 aliphatic rings. The highest BCUT2D eigenvalue weighted by Crippen LogP contribution is 2.29. The maximum Gasteiger partial charge on any atom is 0.433 e. The van der Waals surface area contributed by atoms with Crippen LogP contribution in [0.3, 0.4) is 0 Å². The van der Waals surface area contributed by atoms with Crippen LogP contribution >= 0.6 is 0 Å². The third kappa shape index (κ3) is 6.25. The molecule has 0 fully saturated rings. The highest BCUT2D eigenvalue weighted by molar-refractivity contribution is 5.76. The van der Waals surface area contributed by atoms with Crippen molar-refractivity contribution in [2.75, 3.05) is 37.9 Å². The van der Waals surface area contributed by atoms with E-state index in [9.17, 15) is 18.0 Å². The summed E-state index contributed by atoms with van der Waals surface area (Å²) in [5, 5.41) is 5.17. The molecular formula is C11H16F3N5O2. The Labute approximate surface area is 119 Å². The zero-order chi connectivity index (χ0) is 15.9. The number of carbonyl (C=O) groups is 1. The molecule has 0 atom stereocenters. The van der Waals surface area contributed by atoms with Crippen molar-refractivity contribution in [3.05, 3.63) is 11.8 Å². The zero-order valence-electron chi connectivity index (χ0n) is 11.3.